The number of fused-ring (bicyclic) bond motifs is 1. The van der Waals surface area contributed by atoms with E-state index in [1.807, 2.05) is 49.4 Å². The zero-order valence-electron chi connectivity index (χ0n) is 14.5. The molecule has 3 rings (SSSR count). The summed E-state index contributed by atoms with van der Waals surface area (Å²) in [6.45, 7) is 2.73. The van der Waals surface area contributed by atoms with Gasteiger partial charge in [-0.25, -0.2) is 0 Å². The maximum atomic E-state index is 11.9. The Morgan fingerprint density at radius 2 is 1.84 bits per heavy atom. The molecule has 2 aromatic carbocycles. The Balaban J connectivity index is 2.12. The first-order valence-electron chi connectivity index (χ1n) is 8.00. The van der Waals surface area contributed by atoms with Crippen LogP contribution in [0.2, 0.25) is 5.02 Å². The van der Waals surface area contributed by atoms with E-state index in [1.165, 1.54) is 7.11 Å². The normalized spacial score (nSPS) is 10.9. The average molecular weight is 358 g/mol. The highest BCUT2D eigenvalue weighted by Crippen LogP contribution is 2.30. The Morgan fingerprint density at radius 1 is 1.12 bits per heavy atom. The third kappa shape index (κ3) is 3.49. The summed E-state index contributed by atoms with van der Waals surface area (Å²) in [6, 6.07) is 13.7. The zero-order chi connectivity index (χ0) is 18.0. The van der Waals surface area contributed by atoms with E-state index in [1.54, 1.807) is 7.11 Å². The first kappa shape index (κ1) is 17.4. The van der Waals surface area contributed by atoms with Crippen LogP contribution < -0.4 is 4.74 Å². The van der Waals surface area contributed by atoms with Crippen molar-refractivity contribution in [1.29, 1.82) is 0 Å². The molecule has 1 heterocycles. The molecule has 0 unspecified atom stereocenters. The molecule has 0 saturated heterocycles. The van der Waals surface area contributed by atoms with E-state index in [4.69, 9.17) is 21.1 Å². The molecule has 0 bridgehead atoms. The fourth-order valence-corrected chi connectivity index (χ4v) is 3.20. The van der Waals surface area contributed by atoms with Gasteiger partial charge in [-0.3, -0.25) is 4.79 Å². The quantitative estimate of drug-likeness (QED) is 0.636. The Hall–Kier alpha value is -2.46. The van der Waals surface area contributed by atoms with E-state index in [0.29, 0.717) is 11.6 Å². The number of carbonyl (C=O) groups is 1. The molecule has 0 spiro atoms. The van der Waals surface area contributed by atoms with Crippen molar-refractivity contribution in [3.05, 3.63) is 64.3 Å². The zero-order valence-corrected chi connectivity index (χ0v) is 15.3. The monoisotopic (exact) mass is 357 g/mol. The second-order valence-electron chi connectivity index (χ2n) is 5.91. The summed E-state index contributed by atoms with van der Waals surface area (Å²) in [5, 5.41) is 1.73. The van der Waals surface area contributed by atoms with Crippen LogP contribution in [0, 0.1) is 6.92 Å². The van der Waals surface area contributed by atoms with Gasteiger partial charge in [-0.05, 0) is 48.4 Å². The Bertz CT molecular complexity index is 913. The predicted octanol–water partition coefficient (Wildman–Crippen LogP) is 4.38. The number of carbonyl (C=O) groups excluding carboxylic acids is 1. The Kier molecular flexibility index (Phi) is 5.00. The molecule has 0 amide bonds. The van der Waals surface area contributed by atoms with Gasteiger partial charge in [0.15, 0.2) is 0 Å². The van der Waals surface area contributed by atoms with Gasteiger partial charge in [-0.15, -0.1) is 0 Å². The van der Waals surface area contributed by atoms with Crippen LogP contribution in [-0.4, -0.2) is 24.8 Å². The molecule has 0 aliphatic heterocycles. The van der Waals surface area contributed by atoms with Crippen molar-refractivity contribution in [2.24, 2.45) is 0 Å². The molecule has 25 heavy (non-hydrogen) atoms. The van der Waals surface area contributed by atoms with Crippen molar-refractivity contribution < 1.29 is 14.3 Å². The molecule has 0 radical (unpaired) electrons. The number of hydrogen-bond acceptors (Lipinski definition) is 3. The summed E-state index contributed by atoms with van der Waals surface area (Å²) >= 11 is 5.98. The predicted molar refractivity (Wildman–Crippen MR) is 99.5 cm³/mol. The summed E-state index contributed by atoms with van der Waals surface area (Å²) in [7, 11) is 3.05. The number of methoxy groups -OCH3 is 2. The third-order valence-corrected chi connectivity index (χ3v) is 4.72. The first-order valence-corrected chi connectivity index (χ1v) is 8.38. The average Bonchev–Trinajstić information content (AvgIpc) is 2.88. The number of hydrogen-bond donors (Lipinski definition) is 0. The smallest absolute Gasteiger partial charge is 0.310 e. The molecule has 130 valence electrons. The minimum Gasteiger partial charge on any atom is -0.497 e. The van der Waals surface area contributed by atoms with Crippen LogP contribution in [0.15, 0.2) is 42.5 Å². The van der Waals surface area contributed by atoms with Gasteiger partial charge in [0.2, 0.25) is 0 Å². The maximum absolute atomic E-state index is 11.9. The van der Waals surface area contributed by atoms with Gasteiger partial charge in [-0.1, -0.05) is 23.7 Å². The van der Waals surface area contributed by atoms with Crippen LogP contribution in [0.4, 0.5) is 0 Å². The van der Waals surface area contributed by atoms with Gasteiger partial charge >= 0.3 is 5.97 Å². The molecule has 0 aliphatic carbocycles. The maximum Gasteiger partial charge on any atom is 0.310 e. The number of aromatic nitrogens is 1. The molecule has 4 nitrogen and oxygen atoms in total. The van der Waals surface area contributed by atoms with Crippen molar-refractivity contribution in [3.63, 3.8) is 0 Å². The second-order valence-corrected chi connectivity index (χ2v) is 6.35. The fraction of sp³-hybridized carbons (Fsp3) is 0.250. The standard InChI is InChI=1S/C20H20ClNO3/c1-13-17(11-20(23)25-3)18-10-16(24-2)8-9-19(18)22(13)12-14-4-6-15(21)7-5-14/h4-10H,11-12H2,1-3H3. The molecule has 0 saturated carbocycles. The molecular weight excluding hydrogens is 338 g/mol. The lowest BCUT2D eigenvalue weighted by Gasteiger charge is -2.09. The number of nitrogens with zero attached hydrogens (tertiary/aromatic N) is 1. The number of halogens is 1. The highest BCUT2D eigenvalue weighted by molar-refractivity contribution is 6.30. The SMILES string of the molecule is COC(=O)Cc1c(C)n(Cc2ccc(Cl)cc2)c2ccc(OC)cc12. The van der Waals surface area contributed by atoms with E-state index in [-0.39, 0.29) is 12.4 Å². The Morgan fingerprint density at radius 3 is 2.48 bits per heavy atom. The van der Waals surface area contributed by atoms with Crippen molar-refractivity contribution in [1.82, 2.24) is 4.57 Å². The first-order chi connectivity index (χ1) is 12.0. The van der Waals surface area contributed by atoms with E-state index < -0.39 is 0 Å². The van der Waals surface area contributed by atoms with Crippen LogP contribution >= 0.6 is 11.6 Å². The minimum absolute atomic E-state index is 0.236. The highest BCUT2D eigenvalue weighted by Gasteiger charge is 2.18. The number of rotatable bonds is 5. The summed E-state index contributed by atoms with van der Waals surface area (Å²) in [5.74, 6) is 0.513. The molecule has 5 heteroatoms. The van der Waals surface area contributed by atoms with E-state index in [0.717, 1.165) is 33.5 Å². The third-order valence-electron chi connectivity index (χ3n) is 4.46. The van der Waals surface area contributed by atoms with Crippen molar-refractivity contribution in [2.45, 2.75) is 19.9 Å². The lowest BCUT2D eigenvalue weighted by molar-refractivity contribution is -0.139. The van der Waals surface area contributed by atoms with Crippen molar-refractivity contribution >= 4 is 28.5 Å². The number of benzene rings is 2. The van der Waals surface area contributed by atoms with Gasteiger partial charge in [0.05, 0.1) is 20.6 Å². The van der Waals surface area contributed by atoms with E-state index >= 15 is 0 Å². The largest absolute Gasteiger partial charge is 0.497 e. The summed E-state index contributed by atoms with van der Waals surface area (Å²) in [4.78, 5) is 11.9. The summed E-state index contributed by atoms with van der Waals surface area (Å²) in [5.41, 5.74) is 4.22. The molecule has 3 aromatic rings. The minimum atomic E-state index is -0.253. The number of ether oxygens (including phenoxy) is 2. The van der Waals surface area contributed by atoms with E-state index in [9.17, 15) is 4.79 Å². The lowest BCUT2D eigenvalue weighted by Crippen LogP contribution is -2.07. The fourth-order valence-electron chi connectivity index (χ4n) is 3.07. The molecule has 1 aromatic heterocycles. The molecule has 0 aliphatic rings. The molecule has 0 N–H and O–H groups in total. The van der Waals surface area contributed by atoms with Crippen LogP contribution in [-0.2, 0) is 22.5 Å². The lowest BCUT2D eigenvalue weighted by atomic mass is 10.1. The second kappa shape index (κ2) is 7.19. The van der Waals surface area contributed by atoms with Crippen LogP contribution in [0.5, 0.6) is 5.75 Å². The van der Waals surface area contributed by atoms with Gasteiger partial charge < -0.3 is 14.0 Å². The molecule has 0 fully saturated rings. The van der Waals surface area contributed by atoms with Crippen LogP contribution in [0.25, 0.3) is 10.9 Å². The van der Waals surface area contributed by atoms with Gasteiger partial charge in [-0.2, -0.15) is 0 Å². The highest BCUT2D eigenvalue weighted by atomic mass is 35.5. The van der Waals surface area contributed by atoms with Gasteiger partial charge in [0.1, 0.15) is 5.75 Å². The summed E-state index contributed by atoms with van der Waals surface area (Å²) < 4.78 is 12.4. The van der Waals surface area contributed by atoms with Gasteiger partial charge in [0, 0.05) is 28.2 Å². The Labute approximate surface area is 151 Å². The molecular formula is C20H20ClNO3. The van der Waals surface area contributed by atoms with Crippen LogP contribution in [0.1, 0.15) is 16.8 Å². The van der Waals surface area contributed by atoms with Crippen molar-refractivity contribution in [2.75, 3.05) is 14.2 Å². The number of esters is 1. The van der Waals surface area contributed by atoms with E-state index in [2.05, 4.69) is 4.57 Å². The van der Waals surface area contributed by atoms with Crippen LogP contribution in [0.3, 0.4) is 0 Å². The topological polar surface area (TPSA) is 40.5 Å². The van der Waals surface area contributed by atoms with Crippen molar-refractivity contribution in [3.8, 4) is 5.75 Å². The summed E-state index contributed by atoms with van der Waals surface area (Å²) in [6.07, 6.45) is 0.236. The molecule has 0 atom stereocenters. The van der Waals surface area contributed by atoms with Gasteiger partial charge in [0.25, 0.3) is 0 Å².